The molecule has 1 aromatic rings. The van der Waals surface area contributed by atoms with Gasteiger partial charge < -0.3 is 10.6 Å². The van der Waals surface area contributed by atoms with Crippen molar-refractivity contribution in [3.05, 3.63) is 29.5 Å². The average Bonchev–Trinajstić information content (AvgIpc) is 2.31. The summed E-state index contributed by atoms with van der Waals surface area (Å²) in [7, 11) is 2.10. The molecule has 0 atom stereocenters. The highest BCUT2D eigenvalue weighted by Gasteiger charge is 2.13. The van der Waals surface area contributed by atoms with Crippen LogP contribution >= 0.6 is 0 Å². The van der Waals surface area contributed by atoms with Gasteiger partial charge in [0.25, 0.3) is 0 Å². The summed E-state index contributed by atoms with van der Waals surface area (Å²) in [5, 5.41) is 8.82. The predicted molar refractivity (Wildman–Crippen MR) is 68.1 cm³/mol. The highest BCUT2D eigenvalue weighted by molar-refractivity contribution is 5.69. The number of pyridine rings is 1. The van der Waals surface area contributed by atoms with Gasteiger partial charge in [0, 0.05) is 18.7 Å². The first-order valence-electron chi connectivity index (χ1n) is 5.71. The highest BCUT2D eigenvalue weighted by atomic mass is 15.1. The number of hydrogen-bond donors (Lipinski definition) is 1. The highest BCUT2D eigenvalue weighted by Crippen LogP contribution is 2.25. The summed E-state index contributed by atoms with van der Waals surface area (Å²) >= 11 is 0. The number of hydrogen-bond acceptors (Lipinski definition) is 4. The second-order valence-electron chi connectivity index (χ2n) is 4.31. The Morgan fingerprint density at radius 3 is 3.00 bits per heavy atom. The van der Waals surface area contributed by atoms with E-state index < -0.39 is 0 Å². The third-order valence-corrected chi connectivity index (χ3v) is 3.00. The molecule has 2 heterocycles. The molecule has 17 heavy (non-hydrogen) atoms. The van der Waals surface area contributed by atoms with Crippen molar-refractivity contribution >= 4 is 11.4 Å². The molecule has 0 spiro atoms. The lowest BCUT2D eigenvalue weighted by atomic mass is 9.97. The maximum atomic E-state index is 8.82. The summed E-state index contributed by atoms with van der Waals surface area (Å²) in [6.07, 6.45) is 3.52. The van der Waals surface area contributed by atoms with Crippen molar-refractivity contribution in [2.45, 2.75) is 12.8 Å². The molecular weight excluding hydrogens is 212 g/mol. The van der Waals surface area contributed by atoms with Gasteiger partial charge in [0.2, 0.25) is 0 Å². The Hall–Kier alpha value is -1.86. The number of nitriles is 1. The van der Waals surface area contributed by atoms with Crippen LogP contribution in [0.4, 0.5) is 5.82 Å². The number of nitrogens with two attached hydrogens (primary N) is 1. The summed E-state index contributed by atoms with van der Waals surface area (Å²) in [4.78, 5) is 6.52. The van der Waals surface area contributed by atoms with Crippen LogP contribution in [0.25, 0.3) is 5.57 Å². The maximum Gasteiger partial charge on any atom is 0.123 e. The molecule has 0 saturated heterocycles. The number of likely N-dealkylation sites (N-methyl/N-ethyl adjacent to an activating group) is 1. The van der Waals surface area contributed by atoms with E-state index in [1.807, 2.05) is 6.07 Å². The van der Waals surface area contributed by atoms with Crippen LogP contribution in [0, 0.1) is 11.3 Å². The minimum Gasteiger partial charge on any atom is -0.384 e. The molecule has 0 aromatic carbocycles. The molecule has 0 radical (unpaired) electrons. The molecule has 88 valence electrons. The van der Waals surface area contributed by atoms with E-state index in [0.717, 1.165) is 30.8 Å². The van der Waals surface area contributed by atoms with Crippen molar-refractivity contribution in [2.75, 3.05) is 25.9 Å². The van der Waals surface area contributed by atoms with Gasteiger partial charge in [-0.25, -0.2) is 4.98 Å². The van der Waals surface area contributed by atoms with E-state index in [0.29, 0.717) is 12.2 Å². The van der Waals surface area contributed by atoms with Crippen molar-refractivity contribution in [1.82, 2.24) is 9.88 Å². The minimum absolute atomic E-state index is 0.313. The smallest absolute Gasteiger partial charge is 0.123 e. The Balaban J connectivity index is 2.35. The number of rotatable bonds is 2. The van der Waals surface area contributed by atoms with Crippen LogP contribution in [0.3, 0.4) is 0 Å². The van der Waals surface area contributed by atoms with Crippen molar-refractivity contribution in [2.24, 2.45) is 0 Å². The SMILES string of the molecule is CN1CC=C(c2ccc(N)nc2CC#N)CC1. The molecule has 4 nitrogen and oxygen atoms in total. The molecule has 4 heteroatoms. The molecule has 0 bridgehead atoms. The van der Waals surface area contributed by atoms with E-state index in [2.05, 4.69) is 29.1 Å². The van der Waals surface area contributed by atoms with Crippen LogP contribution in [-0.4, -0.2) is 30.0 Å². The van der Waals surface area contributed by atoms with Crippen LogP contribution < -0.4 is 5.73 Å². The summed E-state index contributed by atoms with van der Waals surface area (Å²) < 4.78 is 0. The van der Waals surface area contributed by atoms with Crippen molar-refractivity contribution in [1.29, 1.82) is 5.26 Å². The molecule has 2 N–H and O–H groups in total. The van der Waals surface area contributed by atoms with E-state index in [1.165, 1.54) is 5.57 Å². The molecule has 0 aliphatic carbocycles. The van der Waals surface area contributed by atoms with Gasteiger partial charge >= 0.3 is 0 Å². The molecule has 1 aliphatic heterocycles. The first-order valence-corrected chi connectivity index (χ1v) is 5.71. The summed E-state index contributed by atoms with van der Waals surface area (Å²) in [5.41, 5.74) is 8.81. The van der Waals surface area contributed by atoms with E-state index in [-0.39, 0.29) is 0 Å². The van der Waals surface area contributed by atoms with Gasteiger partial charge in [-0.1, -0.05) is 6.08 Å². The zero-order valence-electron chi connectivity index (χ0n) is 9.98. The summed E-state index contributed by atoms with van der Waals surface area (Å²) in [6.45, 7) is 1.99. The second kappa shape index (κ2) is 4.98. The lowest BCUT2D eigenvalue weighted by molar-refractivity contribution is 0.370. The third-order valence-electron chi connectivity index (χ3n) is 3.00. The Morgan fingerprint density at radius 2 is 2.35 bits per heavy atom. The molecule has 2 rings (SSSR count). The predicted octanol–water partition coefficient (Wildman–Crippen LogP) is 1.45. The zero-order valence-corrected chi connectivity index (χ0v) is 9.98. The number of aromatic nitrogens is 1. The molecular formula is C13H16N4. The van der Waals surface area contributed by atoms with Crippen LogP contribution in [0.15, 0.2) is 18.2 Å². The van der Waals surface area contributed by atoms with Crippen molar-refractivity contribution in [3.8, 4) is 6.07 Å². The van der Waals surface area contributed by atoms with Gasteiger partial charge in [0.1, 0.15) is 5.82 Å². The van der Waals surface area contributed by atoms with E-state index >= 15 is 0 Å². The monoisotopic (exact) mass is 228 g/mol. The normalized spacial score (nSPS) is 16.4. The van der Waals surface area contributed by atoms with E-state index in [1.54, 1.807) is 6.07 Å². The van der Waals surface area contributed by atoms with Crippen LogP contribution in [0.1, 0.15) is 17.7 Å². The Bertz CT molecular complexity index is 485. The van der Waals surface area contributed by atoms with Crippen LogP contribution in [0.2, 0.25) is 0 Å². The van der Waals surface area contributed by atoms with Crippen molar-refractivity contribution in [3.63, 3.8) is 0 Å². The van der Waals surface area contributed by atoms with E-state index in [9.17, 15) is 0 Å². The summed E-state index contributed by atoms with van der Waals surface area (Å²) in [5.74, 6) is 0.479. The second-order valence-corrected chi connectivity index (χ2v) is 4.31. The standard InChI is InChI=1S/C13H16N4/c1-17-8-5-10(6-9-17)11-2-3-13(15)16-12(11)4-7-14/h2-3,5H,4,6,8-9H2,1H3,(H2,15,16). The minimum atomic E-state index is 0.313. The van der Waals surface area contributed by atoms with Crippen molar-refractivity contribution < 1.29 is 0 Å². The molecule has 0 amide bonds. The topological polar surface area (TPSA) is 65.9 Å². The van der Waals surface area contributed by atoms with E-state index in [4.69, 9.17) is 11.0 Å². The largest absolute Gasteiger partial charge is 0.384 e. The fourth-order valence-electron chi connectivity index (χ4n) is 2.04. The quantitative estimate of drug-likeness (QED) is 0.832. The fraction of sp³-hybridized carbons (Fsp3) is 0.385. The lowest BCUT2D eigenvalue weighted by Gasteiger charge is -2.22. The number of nitrogens with zero attached hydrogens (tertiary/aromatic N) is 3. The van der Waals surface area contributed by atoms with Gasteiger partial charge in [-0.3, -0.25) is 0 Å². The molecule has 0 fully saturated rings. The van der Waals surface area contributed by atoms with Crippen LogP contribution in [0.5, 0.6) is 0 Å². The Kier molecular flexibility index (Phi) is 3.40. The maximum absolute atomic E-state index is 8.82. The Morgan fingerprint density at radius 1 is 1.53 bits per heavy atom. The average molecular weight is 228 g/mol. The van der Waals surface area contributed by atoms with Gasteiger partial charge in [0.05, 0.1) is 18.2 Å². The molecule has 1 aromatic heterocycles. The fourth-order valence-corrected chi connectivity index (χ4v) is 2.04. The lowest BCUT2D eigenvalue weighted by Crippen LogP contribution is -2.24. The van der Waals surface area contributed by atoms with Gasteiger partial charge in [0.15, 0.2) is 0 Å². The Labute approximate surface area is 101 Å². The molecule has 1 aliphatic rings. The third kappa shape index (κ3) is 2.63. The number of anilines is 1. The number of nitrogen functional groups attached to an aromatic ring is 1. The van der Waals surface area contributed by atoms with Gasteiger partial charge in [-0.2, -0.15) is 5.26 Å². The first kappa shape index (κ1) is 11.6. The van der Waals surface area contributed by atoms with Crippen LogP contribution in [-0.2, 0) is 6.42 Å². The first-order chi connectivity index (χ1) is 8.20. The van der Waals surface area contributed by atoms with Gasteiger partial charge in [-0.15, -0.1) is 0 Å². The molecule has 0 unspecified atom stereocenters. The molecule has 0 saturated carbocycles. The summed E-state index contributed by atoms with van der Waals surface area (Å²) in [6, 6.07) is 5.92. The zero-order chi connectivity index (χ0) is 12.3. The van der Waals surface area contributed by atoms with Gasteiger partial charge in [-0.05, 0) is 31.2 Å².